The van der Waals surface area contributed by atoms with Crippen molar-refractivity contribution in [3.05, 3.63) is 10.6 Å². The van der Waals surface area contributed by atoms with Gasteiger partial charge in [-0.15, -0.1) is 0 Å². The van der Waals surface area contributed by atoms with Gasteiger partial charge >= 0.3 is 0 Å². The lowest BCUT2D eigenvalue weighted by Crippen LogP contribution is -2.54. The Bertz CT molecular complexity index is 485. The van der Waals surface area contributed by atoms with Gasteiger partial charge in [0, 0.05) is 31.6 Å². The van der Waals surface area contributed by atoms with Gasteiger partial charge in [0.05, 0.1) is 17.2 Å². The third kappa shape index (κ3) is 2.36. The largest absolute Gasteiger partial charge is 0.391 e. The third-order valence-corrected chi connectivity index (χ3v) is 6.05. The first-order valence-corrected chi connectivity index (χ1v) is 8.76. The second-order valence-corrected chi connectivity index (χ2v) is 7.43. The van der Waals surface area contributed by atoms with E-state index in [0.29, 0.717) is 5.92 Å². The predicted octanol–water partition coefficient (Wildman–Crippen LogP) is 2.19. The van der Waals surface area contributed by atoms with Crippen LogP contribution in [0.15, 0.2) is 0 Å². The Balaban J connectivity index is 1.52. The van der Waals surface area contributed by atoms with Crippen molar-refractivity contribution in [2.75, 3.05) is 31.1 Å². The van der Waals surface area contributed by atoms with Crippen molar-refractivity contribution >= 4 is 16.5 Å². The molecule has 0 amide bonds. The van der Waals surface area contributed by atoms with Crippen LogP contribution in [0.4, 0.5) is 5.13 Å². The fourth-order valence-electron chi connectivity index (χ4n) is 3.60. The first-order chi connectivity index (χ1) is 9.85. The van der Waals surface area contributed by atoms with Gasteiger partial charge < -0.3 is 10.0 Å². The average Bonchev–Trinajstić information content (AvgIpc) is 3.26. The molecular weight excluding hydrogens is 270 g/mol. The van der Waals surface area contributed by atoms with Crippen LogP contribution in [0.2, 0.25) is 0 Å². The van der Waals surface area contributed by atoms with Crippen LogP contribution in [0.3, 0.4) is 0 Å². The van der Waals surface area contributed by atoms with Gasteiger partial charge in [-0.3, -0.25) is 4.90 Å². The Hall–Kier alpha value is -0.650. The summed E-state index contributed by atoms with van der Waals surface area (Å²) in [7, 11) is 0. The van der Waals surface area contributed by atoms with Gasteiger partial charge in [0.25, 0.3) is 0 Å². The highest BCUT2D eigenvalue weighted by molar-refractivity contribution is 7.15. The number of hydrogen-bond acceptors (Lipinski definition) is 5. The number of piperidine rings is 1. The standard InChI is InChI=1S/C15H23N3OS/c19-10-13-14(11-4-5-11)16-15(20-13)18-8-7-17-6-2-1-3-12(17)9-18/h11-12,19H,1-10H2. The van der Waals surface area contributed by atoms with Crippen LogP contribution in [0, 0.1) is 0 Å². The number of rotatable bonds is 3. The summed E-state index contributed by atoms with van der Waals surface area (Å²) >= 11 is 1.72. The SMILES string of the molecule is OCc1sc(N2CCN3CCCCC3C2)nc1C1CC1. The van der Waals surface area contributed by atoms with E-state index in [4.69, 9.17) is 4.98 Å². The fourth-order valence-corrected chi connectivity index (χ4v) is 4.65. The summed E-state index contributed by atoms with van der Waals surface area (Å²) in [5.41, 5.74) is 1.19. The molecule has 0 spiro atoms. The molecule has 3 heterocycles. The molecular formula is C15H23N3OS. The molecule has 4 rings (SSSR count). The summed E-state index contributed by atoms with van der Waals surface area (Å²) < 4.78 is 0. The normalized spacial score (nSPS) is 27.6. The smallest absolute Gasteiger partial charge is 0.185 e. The molecule has 1 saturated carbocycles. The topological polar surface area (TPSA) is 39.6 Å². The van der Waals surface area contributed by atoms with Crippen molar-refractivity contribution in [3.8, 4) is 0 Å². The molecule has 4 nitrogen and oxygen atoms in total. The van der Waals surface area contributed by atoms with Gasteiger partial charge in [0.2, 0.25) is 0 Å². The van der Waals surface area contributed by atoms with Crippen molar-refractivity contribution in [1.82, 2.24) is 9.88 Å². The molecule has 20 heavy (non-hydrogen) atoms. The van der Waals surface area contributed by atoms with Crippen LogP contribution in [0.1, 0.15) is 48.6 Å². The predicted molar refractivity (Wildman–Crippen MR) is 81.4 cm³/mol. The lowest BCUT2D eigenvalue weighted by atomic mass is 10.00. The third-order valence-electron chi connectivity index (χ3n) is 4.93. The van der Waals surface area contributed by atoms with Gasteiger partial charge in [-0.25, -0.2) is 4.98 Å². The molecule has 1 N–H and O–H groups in total. The quantitative estimate of drug-likeness (QED) is 0.927. The Morgan fingerprint density at radius 3 is 2.85 bits per heavy atom. The van der Waals surface area contributed by atoms with E-state index in [2.05, 4.69) is 9.80 Å². The molecule has 1 unspecified atom stereocenters. The van der Waals surface area contributed by atoms with Crippen LogP contribution >= 0.6 is 11.3 Å². The Morgan fingerprint density at radius 2 is 2.05 bits per heavy atom. The highest BCUT2D eigenvalue weighted by Gasteiger charge is 2.33. The molecule has 0 aromatic carbocycles. The number of thiazole rings is 1. The van der Waals surface area contributed by atoms with Gasteiger partial charge in [0.15, 0.2) is 5.13 Å². The molecule has 1 aromatic rings. The summed E-state index contributed by atoms with van der Waals surface area (Å²) in [6.45, 7) is 4.84. The Labute approximate surface area is 124 Å². The van der Waals surface area contributed by atoms with Gasteiger partial charge in [0.1, 0.15) is 0 Å². The molecule has 1 aliphatic carbocycles. The van der Waals surface area contributed by atoms with E-state index in [1.807, 2.05) is 0 Å². The number of anilines is 1. The van der Waals surface area contributed by atoms with Crippen molar-refractivity contribution in [3.63, 3.8) is 0 Å². The molecule has 2 saturated heterocycles. The minimum atomic E-state index is 0.160. The molecule has 3 fully saturated rings. The second-order valence-electron chi connectivity index (χ2n) is 6.37. The van der Waals surface area contributed by atoms with Crippen LogP contribution in [-0.2, 0) is 6.61 Å². The zero-order valence-electron chi connectivity index (χ0n) is 11.9. The van der Waals surface area contributed by atoms with E-state index in [1.54, 1.807) is 11.3 Å². The summed E-state index contributed by atoms with van der Waals surface area (Å²) in [6, 6.07) is 0.725. The molecule has 110 valence electrons. The van der Waals surface area contributed by atoms with Crippen molar-refractivity contribution in [2.45, 2.75) is 50.7 Å². The lowest BCUT2D eigenvalue weighted by Gasteiger charge is -2.44. The van der Waals surface area contributed by atoms with E-state index >= 15 is 0 Å². The monoisotopic (exact) mass is 293 g/mol. The molecule has 1 aromatic heterocycles. The van der Waals surface area contributed by atoms with Crippen LogP contribution in [-0.4, -0.2) is 47.2 Å². The molecule has 0 radical (unpaired) electrons. The number of piperazine rings is 1. The van der Waals surface area contributed by atoms with E-state index in [1.165, 1.54) is 50.9 Å². The molecule has 0 bridgehead atoms. The molecule has 3 aliphatic rings. The number of aliphatic hydroxyl groups is 1. The molecule has 5 heteroatoms. The maximum atomic E-state index is 9.54. The zero-order chi connectivity index (χ0) is 13.5. The highest BCUT2D eigenvalue weighted by atomic mass is 32.1. The average molecular weight is 293 g/mol. The first-order valence-electron chi connectivity index (χ1n) is 7.94. The van der Waals surface area contributed by atoms with E-state index in [9.17, 15) is 5.11 Å². The van der Waals surface area contributed by atoms with E-state index < -0.39 is 0 Å². The lowest BCUT2D eigenvalue weighted by molar-refractivity contribution is 0.133. The Morgan fingerprint density at radius 1 is 1.15 bits per heavy atom. The van der Waals surface area contributed by atoms with Gasteiger partial charge in [-0.1, -0.05) is 17.8 Å². The first kappa shape index (κ1) is 13.0. The molecule has 2 aliphatic heterocycles. The number of aromatic nitrogens is 1. The van der Waals surface area contributed by atoms with Crippen LogP contribution in [0.5, 0.6) is 0 Å². The van der Waals surface area contributed by atoms with Gasteiger partial charge in [-0.05, 0) is 32.2 Å². The second kappa shape index (κ2) is 5.28. The van der Waals surface area contributed by atoms with Crippen molar-refractivity contribution in [2.24, 2.45) is 0 Å². The number of hydrogen-bond donors (Lipinski definition) is 1. The van der Waals surface area contributed by atoms with Crippen LogP contribution in [0.25, 0.3) is 0 Å². The minimum absolute atomic E-state index is 0.160. The molecule has 1 atom stereocenters. The van der Waals surface area contributed by atoms with Crippen molar-refractivity contribution in [1.29, 1.82) is 0 Å². The van der Waals surface area contributed by atoms with Crippen LogP contribution < -0.4 is 4.90 Å². The number of fused-ring (bicyclic) bond motifs is 1. The maximum absolute atomic E-state index is 9.54. The number of nitrogens with zero attached hydrogens (tertiary/aromatic N) is 3. The van der Waals surface area contributed by atoms with E-state index in [0.717, 1.165) is 29.1 Å². The maximum Gasteiger partial charge on any atom is 0.185 e. The number of aliphatic hydroxyl groups excluding tert-OH is 1. The summed E-state index contributed by atoms with van der Waals surface area (Å²) in [6.07, 6.45) is 6.60. The summed E-state index contributed by atoms with van der Waals surface area (Å²) in [5, 5.41) is 10.7. The van der Waals surface area contributed by atoms with Crippen molar-refractivity contribution < 1.29 is 5.11 Å². The fraction of sp³-hybridized carbons (Fsp3) is 0.800. The summed E-state index contributed by atoms with van der Waals surface area (Å²) in [4.78, 5) is 11.1. The Kier molecular flexibility index (Phi) is 3.44. The van der Waals surface area contributed by atoms with Gasteiger partial charge in [-0.2, -0.15) is 0 Å². The highest BCUT2D eigenvalue weighted by Crippen LogP contribution is 2.44. The van der Waals surface area contributed by atoms with E-state index in [-0.39, 0.29) is 6.61 Å². The minimum Gasteiger partial charge on any atom is -0.391 e. The summed E-state index contributed by atoms with van der Waals surface area (Å²) in [5.74, 6) is 0.637. The zero-order valence-corrected chi connectivity index (χ0v) is 12.7.